The maximum atomic E-state index is 12.7. The molecule has 3 nitrogen and oxygen atoms in total. The summed E-state index contributed by atoms with van der Waals surface area (Å²) in [6.45, 7) is 3.53. The van der Waals surface area contributed by atoms with E-state index < -0.39 is 18.6 Å². The number of carbonyl (C=O) groups is 1. The van der Waals surface area contributed by atoms with E-state index in [9.17, 15) is 14.3 Å². The molecule has 2 aromatic carbocycles. The minimum atomic E-state index is -0.846. The summed E-state index contributed by atoms with van der Waals surface area (Å²) in [5, 5.41) is 10.1. The maximum Gasteiger partial charge on any atom is 0.310 e. The highest BCUT2D eigenvalue weighted by Crippen LogP contribution is 2.43. The number of alkyl halides is 1. The number of rotatable bonds is 9. The molecular formula is C23H26ClFO3. The quantitative estimate of drug-likeness (QED) is 0.522. The van der Waals surface area contributed by atoms with Crippen LogP contribution in [0.25, 0.3) is 11.1 Å². The maximum absolute atomic E-state index is 12.7. The topological polar surface area (TPSA) is 46.5 Å². The van der Waals surface area contributed by atoms with Crippen molar-refractivity contribution >= 4 is 17.6 Å². The Labute approximate surface area is 170 Å². The third-order valence-corrected chi connectivity index (χ3v) is 5.53. The van der Waals surface area contributed by atoms with Gasteiger partial charge in [0.25, 0.3) is 0 Å². The predicted octanol–water partition coefficient (Wildman–Crippen LogP) is 6.45. The van der Waals surface area contributed by atoms with Crippen molar-refractivity contribution in [3.63, 3.8) is 0 Å². The van der Waals surface area contributed by atoms with Gasteiger partial charge in [-0.15, -0.1) is 0 Å². The lowest BCUT2D eigenvalue weighted by Crippen LogP contribution is -2.13. The molecule has 2 aromatic rings. The average molecular weight is 405 g/mol. The molecule has 1 aliphatic rings. The summed E-state index contributed by atoms with van der Waals surface area (Å²) in [5.74, 6) is -0.177. The van der Waals surface area contributed by atoms with Gasteiger partial charge in [-0.05, 0) is 47.1 Å². The van der Waals surface area contributed by atoms with Crippen LogP contribution in [-0.2, 0) is 4.79 Å². The normalized spacial score (nSPS) is 14.9. The number of carboxylic acid groups (broad SMARTS) is 1. The van der Waals surface area contributed by atoms with Gasteiger partial charge in [-0.25, -0.2) is 4.39 Å². The second-order valence-electron chi connectivity index (χ2n) is 7.76. The first-order valence-electron chi connectivity index (χ1n) is 9.76. The Bertz CT molecular complexity index is 828. The fourth-order valence-corrected chi connectivity index (χ4v) is 3.71. The third-order valence-electron chi connectivity index (χ3n) is 5.24. The van der Waals surface area contributed by atoms with Gasteiger partial charge >= 0.3 is 5.97 Å². The summed E-state index contributed by atoms with van der Waals surface area (Å²) in [5.41, 5.74) is 3.44. The fourth-order valence-electron chi connectivity index (χ4n) is 3.43. The Morgan fingerprint density at radius 3 is 2.43 bits per heavy atom. The lowest BCUT2D eigenvalue weighted by atomic mass is 9.90. The molecule has 150 valence electrons. The number of benzene rings is 2. The highest BCUT2D eigenvalue weighted by Gasteiger charge is 2.31. The van der Waals surface area contributed by atoms with Crippen LogP contribution in [0.15, 0.2) is 36.4 Å². The minimum Gasteiger partial charge on any atom is -0.489 e. The molecule has 1 fully saturated rings. The standard InChI is InChI=1S/C23H26ClFO3/c1-14(2)16-5-7-17(8-6-16)19-12-18(13-21(24)22(19)28-10-9-25)20(23(26)27)11-15-3-4-15/h5-8,12-15,20H,3-4,9-11H2,1-2H3,(H,26,27). The van der Waals surface area contributed by atoms with Crippen LogP contribution >= 0.6 is 11.6 Å². The molecule has 5 heteroatoms. The highest BCUT2D eigenvalue weighted by atomic mass is 35.5. The van der Waals surface area contributed by atoms with E-state index >= 15 is 0 Å². The summed E-state index contributed by atoms with van der Waals surface area (Å²) in [7, 11) is 0. The van der Waals surface area contributed by atoms with E-state index in [1.54, 1.807) is 6.07 Å². The van der Waals surface area contributed by atoms with Crippen LogP contribution in [0.5, 0.6) is 5.75 Å². The van der Waals surface area contributed by atoms with Gasteiger partial charge in [0.15, 0.2) is 0 Å². The molecule has 0 bridgehead atoms. The largest absolute Gasteiger partial charge is 0.489 e. The zero-order valence-corrected chi connectivity index (χ0v) is 17.0. The minimum absolute atomic E-state index is 0.0966. The van der Waals surface area contributed by atoms with Crippen LogP contribution in [0.2, 0.25) is 5.02 Å². The summed E-state index contributed by atoms with van der Waals surface area (Å²) in [4.78, 5) is 11.9. The average Bonchev–Trinajstić information content (AvgIpc) is 3.48. The van der Waals surface area contributed by atoms with Gasteiger partial charge in [0, 0.05) is 5.56 Å². The van der Waals surface area contributed by atoms with E-state index in [1.165, 1.54) is 5.56 Å². The molecule has 28 heavy (non-hydrogen) atoms. The molecule has 0 saturated heterocycles. The number of hydrogen-bond acceptors (Lipinski definition) is 2. The van der Waals surface area contributed by atoms with E-state index in [1.807, 2.05) is 30.3 Å². The van der Waals surface area contributed by atoms with Gasteiger partial charge in [0.2, 0.25) is 0 Å². The van der Waals surface area contributed by atoms with Gasteiger partial charge < -0.3 is 9.84 Å². The van der Waals surface area contributed by atoms with Gasteiger partial charge in [0.05, 0.1) is 10.9 Å². The molecule has 1 atom stereocenters. The summed E-state index contributed by atoms with van der Waals surface area (Å²) >= 11 is 6.46. The zero-order valence-electron chi connectivity index (χ0n) is 16.3. The van der Waals surface area contributed by atoms with E-state index in [-0.39, 0.29) is 6.61 Å². The van der Waals surface area contributed by atoms with Gasteiger partial charge in [-0.1, -0.05) is 62.6 Å². The molecule has 0 spiro atoms. The molecule has 1 unspecified atom stereocenters. The fraction of sp³-hybridized carbons (Fsp3) is 0.435. The van der Waals surface area contributed by atoms with Crippen molar-refractivity contribution < 1.29 is 19.0 Å². The number of carboxylic acids is 1. The lowest BCUT2D eigenvalue weighted by molar-refractivity contribution is -0.139. The van der Waals surface area contributed by atoms with Crippen molar-refractivity contribution in [2.24, 2.45) is 5.92 Å². The van der Waals surface area contributed by atoms with Crippen molar-refractivity contribution in [1.29, 1.82) is 0 Å². The Hall–Kier alpha value is -2.07. The van der Waals surface area contributed by atoms with E-state index in [0.29, 0.717) is 40.2 Å². The van der Waals surface area contributed by atoms with Crippen LogP contribution < -0.4 is 4.74 Å². The van der Waals surface area contributed by atoms with Crippen LogP contribution in [0.4, 0.5) is 4.39 Å². The third kappa shape index (κ3) is 4.85. The molecule has 0 amide bonds. The van der Waals surface area contributed by atoms with Crippen molar-refractivity contribution in [1.82, 2.24) is 0 Å². The first-order chi connectivity index (χ1) is 13.4. The molecular weight excluding hydrogens is 379 g/mol. The van der Waals surface area contributed by atoms with Gasteiger partial charge in [0.1, 0.15) is 19.0 Å². The van der Waals surface area contributed by atoms with Crippen molar-refractivity contribution in [3.8, 4) is 16.9 Å². The van der Waals surface area contributed by atoms with E-state index in [2.05, 4.69) is 13.8 Å². The first-order valence-corrected chi connectivity index (χ1v) is 10.1. The Kier molecular flexibility index (Phi) is 6.61. The van der Waals surface area contributed by atoms with Crippen molar-refractivity contribution in [2.75, 3.05) is 13.3 Å². The summed E-state index contributed by atoms with van der Waals surface area (Å²) in [6.07, 6.45) is 2.78. The number of hydrogen-bond donors (Lipinski definition) is 1. The second-order valence-corrected chi connectivity index (χ2v) is 8.17. The predicted molar refractivity (Wildman–Crippen MR) is 110 cm³/mol. The molecule has 1 saturated carbocycles. The Balaban J connectivity index is 2.05. The van der Waals surface area contributed by atoms with Crippen LogP contribution in [0.3, 0.4) is 0 Å². The molecule has 0 aromatic heterocycles. The number of halogens is 2. The molecule has 0 heterocycles. The first kappa shape index (κ1) is 20.7. The summed E-state index contributed by atoms with van der Waals surface area (Å²) in [6, 6.07) is 11.5. The number of ether oxygens (including phenoxy) is 1. The number of aliphatic carboxylic acids is 1. The molecule has 1 aliphatic carbocycles. The zero-order chi connectivity index (χ0) is 20.3. The van der Waals surface area contributed by atoms with E-state index in [0.717, 1.165) is 18.4 Å². The summed E-state index contributed by atoms with van der Waals surface area (Å²) < 4.78 is 18.3. The molecule has 1 N–H and O–H groups in total. The van der Waals surface area contributed by atoms with Crippen LogP contribution in [0.1, 0.15) is 56.1 Å². The monoisotopic (exact) mass is 404 g/mol. The van der Waals surface area contributed by atoms with Gasteiger partial charge in [-0.3, -0.25) is 4.79 Å². The van der Waals surface area contributed by atoms with Crippen LogP contribution in [0, 0.1) is 5.92 Å². The molecule has 0 radical (unpaired) electrons. The second kappa shape index (κ2) is 8.95. The highest BCUT2D eigenvalue weighted by molar-refractivity contribution is 6.32. The Morgan fingerprint density at radius 1 is 1.21 bits per heavy atom. The Morgan fingerprint density at radius 2 is 1.89 bits per heavy atom. The molecule has 3 rings (SSSR count). The SMILES string of the molecule is CC(C)c1ccc(-c2cc(C(CC3CC3)C(=O)O)cc(Cl)c2OCCF)cc1. The van der Waals surface area contributed by atoms with Crippen molar-refractivity contribution in [3.05, 3.63) is 52.5 Å². The van der Waals surface area contributed by atoms with Gasteiger partial charge in [-0.2, -0.15) is 0 Å². The van der Waals surface area contributed by atoms with Crippen molar-refractivity contribution in [2.45, 2.75) is 44.9 Å². The smallest absolute Gasteiger partial charge is 0.310 e. The molecule has 0 aliphatic heterocycles. The van der Waals surface area contributed by atoms with Crippen LogP contribution in [-0.4, -0.2) is 24.4 Å². The van der Waals surface area contributed by atoms with E-state index in [4.69, 9.17) is 16.3 Å². The lowest BCUT2D eigenvalue weighted by Gasteiger charge is -2.19.